The predicted octanol–water partition coefficient (Wildman–Crippen LogP) is 5.72. The number of imidazole rings is 1. The first-order valence-electron chi connectivity index (χ1n) is 13.1. The number of H-pyrrole nitrogens is 1. The van der Waals surface area contributed by atoms with E-state index in [0.29, 0.717) is 24.1 Å². The zero-order valence-corrected chi connectivity index (χ0v) is 20.9. The summed E-state index contributed by atoms with van der Waals surface area (Å²) >= 11 is 0. The maximum absolute atomic E-state index is 16.1. The molecule has 37 heavy (non-hydrogen) atoms. The number of aromatic nitrogens is 4. The van der Waals surface area contributed by atoms with E-state index in [1.807, 2.05) is 30.5 Å². The van der Waals surface area contributed by atoms with Crippen LogP contribution in [0.1, 0.15) is 37.4 Å². The van der Waals surface area contributed by atoms with Crippen LogP contribution in [0.5, 0.6) is 0 Å². The quantitative estimate of drug-likeness (QED) is 0.366. The summed E-state index contributed by atoms with van der Waals surface area (Å²) in [6.45, 7) is 7.95. The normalized spacial score (nSPS) is 18.9. The number of pyridine rings is 1. The first-order chi connectivity index (χ1) is 18.0. The second kappa shape index (κ2) is 9.74. The van der Waals surface area contributed by atoms with Crippen LogP contribution in [0.2, 0.25) is 0 Å². The fraction of sp³-hybridized carbons (Fsp3) is 0.379. The summed E-state index contributed by atoms with van der Waals surface area (Å²) in [5.74, 6) is 0.443. The topological polar surface area (TPSA) is 53.0 Å². The van der Waals surface area contributed by atoms with Crippen molar-refractivity contribution in [1.82, 2.24) is 29.3 Å². The molecule has 0 amide bonds. The molecule has 2 aliphatic heterocycles. The van der Waals surface area contributed by atoms with Crippen molar-refractivity contribution in [3.05, 3.63) is 84.7 Å². The Morgan fingerprint density at radius 2 is 1.86 bits per heavy atom. The van der Waals surface area contributed by atoms with Crippen molar-refractivity contribution in [1.29, 1.82) is 0 Å². The van der Waals surface area contributed by atoms with Gasteiger partial charge in [0.05, 0.1) is 11.0 Å². The molecule has 0 aliphatic carbocycles. The third-order valence-electron chi connectivity index (χ3n) is 7.98. The minimum Gasteiger partial charge on any atom is -0.373 e. The maximum Gasteiger partial charge on any atom is 0.160 e. The second-order valence-corrected chi connectivity index (χ2v) is 10.3. The summed E-state index contributed by atoms with van der Waals surface area (Å²) in [5, 5.41) is 0. The Morgan fingerprint density at radius 1 is 1.05 bits per heavy atom. The summed E-state index contributed by atoms with van der Waals surface area (Å²) in [4.78, 5) is 16.9. The van der Waals surface area contributed by atoms with E-state index in [0.717, 1.165) is 68.3 Å². The molecule has 0 saturated carbocycles. The van der Waals surface area contributed by atoms with E-state index in [9.17, 15) is 4.39 Å². The lowest BCUT2D eigenvalue weighted by atomic mass is 9.88. The summed E-state index contributed by atoms with van der Waals surface area (Å²) in [5.41, 5.74) is 2.70. The summed E-state index contributed by atoms with van der Waals surface area (Å²) in [7, 11) is 0. The Hall–Kier alpha value is -3.52. The zero-order valence-electron chi connectivity index (χ0n) is 20.9. The maximum atomic E-state index is 16.1. The van der Waals surface area contributed by atoms with Crippen LogP contribution in [0, 0.1) is 5.82 Å². The van der Waals surface area contributed by atoms with Crippen molar-refractivity contribution < 1.29 is 8.78 Å². The molecule has 1 aromatic carbocycles. The Kier molecular flexibility index (Phi) is 6.28. The van der Waals surface area contributed by atoms with E-state index in [1.54, 1.807) is 12.3 Å². The van der Waals surface area contributed by atoms with Gasteiger partial charge in [0, 0.05) is 68.6 Å². The molecule has 0 radical (unpaired) electrons. The van der Waals surface area contributed by atoms with E-state index in [2.05, 4.69) is 37.0 Å². The fourth-order valence-electron chi connectivity index (χ4n) is 5.86. The van der Waals surface area contributed by atoms with Crippen LogP contribution in [0.4, 0.5) is 8.78 Å². The van der Waals surface area contributed by atoms with Gasteiger partial charge in [0.1, 0.15) is 11.5 Å². The average molecular weight is 503 g/mol. The smallest absolute Gasteiger partial charge is 0.160 e. The highest BCUT2D eigenvalue weighted by molar-refractivity contribution is 5.80. The third-order valence-corrected chi connectivity index (χ3v) is 7.98. The van der Waals surface area contributed by atoms with Crippen LogP contribution in [0.15, 0.2) is 73.2 Å². The molecule has 0 unspecified atom stereocenters. The number of benzene rings is 1. The molecule has 192 valence electrons. The van der Waals surface area contributed by atoms with Gasteiger partial charge in [-0.3, -0.25) is 9.88 Å². The number of halogens is 2. The number of fused-ring (bicyclic) bond motifs is 1. The Labute approximate surface area is 215 Å². The van der Waals surface area contributed by atoms with Crippen molar-refractivity contribution in [3.63, 3.8) is 0 Å². The Morgan fingerprint density at radius 3 is 2.57 bits per heavy atom. The molecule has 6 rings (SSSR count). The molecule has 5 heterocycles. The lowest BCUT2D eigenvalue weighted by molar-refractivity contribution is 0.0519. The molecule has 4 aromatic rings. The summed E-state index contributed by atoms with van der Waals surface area (Å²) in [6.07, 6.45) is 6.26. The van der Waals surface area contributed by atoms with Crippen molar-refractivity contribution in [2.75, 3.05) is 26.2 Å². The van der Waals surface area contributed by atoms with Crippen LogP contribution in [-0.4, -0.2) is 61.2 Å². The number of nitrogens with zero attached hydrogens (tertiary/aromatic N) is 5. The molecular weight excluding hydrogens is 470 g/mol. The van der Waals surface area contributed by atoms with Crippen LogP contribution < -0.4 is 0 Å². The number of hydrogen-bond acceptors (Lipinski definition) is 4. The molecule has 2 saturated heterocycles. The van der Waals surface area contributed by atoms with E-state index in [4.69, 9.17) is 4.98 Å². The van der Waals surface area contributed by atoms with Crippen LogP contribution >= 0.6 is 0 Å². The zero-order chi connectivity index (χ0) is 25.4. The van der Waals surface area contributed by atoms with E-state index in [1.165, 1.54) is 12.1 Å². The number of allylic oxidation sites excluding steroid dienone is 1. The van der Waals surface area contributed by atoms with Crippen LogP contribution in [0.3, 0.4) is 0 Å². The molecular formula is C29H32F2N6. The average Bonchev–Trinajstić information content (AvgIpc) is 3.58. The van der Waals surface area contributed by atoms with Crippen molar-refractivity contribution in [2.24, 2.45) is 0 Å². The van der Waals surface area contributed by atoms with E-state index in [-0.39, 0.29) is 11.9 Å². The first-order valence-corrected chi connectivity index (χ1v) is 13.1. The molecule has 0 atom stereocenters. The van der Waals surface area contributed by atoms with Crippen LogP contribution in [-0.2, 0) is 6.54 Å². The first kappa shape index (κ1) is 23.9. The predicted molar refractivity (Wildman–Crippen MR) is 141 cm³/mol. The number of alkyl halides is 1. The van der Waals surface area contributed by atoms with E-state index >= 15 is 4.39 Å². The number of hydrogen-bond donors (Lipinski definition) is 1. The number of piperidine rings is 2. The number of aromatic amines is 1. The Balaban J connectivity index is 1.15. The number of rotatable bonds is 6. The minimum absolute atomic E-state index is 0.162. The number of likely N-dealkylation sites (tertiary alicyclic amines) is 2. The lowest BCUT2D eigenvalue weighted by Gasteiger charge is -2.44. The highest BCUT2D eigenvalue weighted by Gasteiger charge is 2.40. The van der Waals surface area contributed by atoms with Gasteiger partial charge in [-0.05, 0) is 62.1 Å². The molecule has 0 spiro atoms. The SMILES string of the molecule is C=C(N1CCC(n2c(-c3ccccn3)nc3cc(F)ccc32)CC1)C1(F)CCN(Cc2ccc[nH]2)CC1. The Bertz CT molecular complexity index is 1360. The molecule has 2 aliphatic rings. The van der Waals surface area contributed by atoms with Gasteiger partial charge in [0.2, 0.25) is 0 Å². The lowest BCUT2D eigenvalue weighted by Crippen LogP contribution is -2.47. The monoisotopic (exact) mass is 502 g/mol. The van der Waals surface area contributed by atoms with Gasteiger partial charge in [-0.2, -0.15) is 0 Å². The van der Waals surface area contributed by atoms with Gasteiger partial charge in [-0.15, -0.1) is 0 Å². The van der Waals surface area contributed by atoms with Crippen molar-refractivity contribution in [3.8, 4) is 11.5 Å². The highest BCUT2D eigenvalue weighted by Crippen LogP contribution is 2.39. The minimum atomic E-state index is -1.36. The van der Waals surface area contributed by atoms with Crippen LogP contribution in [0.25, 0.3) is 22.6 Å². The highest BCUT2D eigenvalue weighted by atomic mass is 19.1. The molecule has 8 heteroatoms. The van der Waals surface area contributed by atoms with Gasteiger partial charge in [0.25, 0.3) is 0 Å². The van der Waals surface area contributed by atoms with Gasteiger partial charge < -0.3 is 14.5 Å². The van der Waals surface area contributed by atoms with Gasteiger partial charge in [0.15, 0.2) is 11.5 Å². The summed E-state index contributed by atoms with van der Waals surface area (Å²) in [6, 6.07) is 14.7. The van der Waals surface area contributed by atoms with Gasteiger partial charge in [-0.25, -0.2) is 13.8 Å². The van der Waals surface area contributed by atoms with E-state index < -0.39 is 5.67 Å². The van der Waals surface area contributed by atoms with Crippen molar-refractivity contribution in [2.45, 2.75) is 43.9 Å². The van der Waals surface area contributed by atoms with Gasteiger partial charge >= 0.3 is 0 Å². The second-order valence-electron chi connectivity index (χ2n) is 10.3. The largest absolute Gasteiger partial charge is 0.373 e. The fourth-order valence-corrected chi connectivity index (χ4v) is 5.86. The number of nitrogens with one attached hydrogen (secondary N) is 1. The molecule has 1 N–H and O–H groups in total. The molecule has 2 fully saturated rings. The molecule has 6 nitrogen and oxygen atoms in total. The van der Waals surface area contributed by atoms with Gasteiger partial charge in [-0.1, -0.05) is 12.6 Å². The standard InChI is InChI=1S/C29H32F2N6/c1-21(29(31)11-17-35(18-12-29)20-23-5-4-14-32-23)36-15-9-24(10-16-36)37-27-8-7-22(30)19-26(27)34-28(37)25-6-2-3-13-33-25/h2-8,13-14,19,24,32H,1,9-12,15-18,20H2. The third kappa shape index (κ3) is 4.66. The molecule has 0 bridgehead atoms. The molecule has 3 aromatic heterocycles. The summed E-state index contributed by atoms with van der Waals surface area (Å²) < 4.78 is 32.2. The van der Waals surface area contributed by atoms with Crippen molar-refractivity contribution >= 4 is 11.0 Å².